The van der Waals surface area contributed by atoms with Crippen LogP contribution in [0.4, 0.5) is 0 Å². The Bertz CT molecular complexity index is 565. The maximum Gasteiger partial charge on any atom is 0.241 e. The van der Waals surface area contributed by atoms with E-state index in [2.05, 4.69) is 15.0 Å². The Morgan fingerprint density at radius 2 is 2.15 bits per heavy atom. The minimum Gasteiger partial charge on any atom is -0.392 e. The first-order chi connectivity index (χ1) is 9.70. The van der Waals surface area contributed by atoms with Gasteiger partial charge in [-0.1, -0.05) is 35.0 Å². The van der Waals surface area contributed by atoms with E-state index in [4.69, 9.17) is 4.52 Å². The van der Waals surface area contributed by atoms with Crippen molar-refractivity contribution in [3.8, 4) is 11.4 Å². The maximum absolute atomic E-state index is 9.66. The minimum atomic E-state index is -0.233. The van der Waals surface area contributed by atoms with Crippen molar-refractivity contribution in [2.45, 2.75) is 32.4 Å². The molecule has 1 aliphatic heterocycles. The molecule has 1 unspecified atom stereocenters. The number of aliphatic hydroxyl groups is 1. The molecule has 1 fully saturated rings. The summed E-state index contributed by atoms with van der Waals surface area (Å²) in [5.41, 5.74) is 2.17. The molecule has 0 aliphatic carbocycles. The van der Waals surface area contributed by atoms with Crippen LogP contribution in [-0.4, -0.2) is 39.3 Å². The quantitative estimate of drug-likeness (QED) is 0.926. The molecular formula is C15H19N3O2. The smallest absolute Gasteiger partial charge is 0.241 e. The normalized spacial score (nSPS) is 20.2. The average Bonchev–Trinajstić information content (AvgIpc) is 2.88. The lowest BCUT2D eigenvalue weighted by molar-refractivity contribution is 0.0613. The van der Waals surface area contributed by atoms with Gasteiger partial charge >= 0.3 is 0 Å². The van der Waals surface area contributed by atoms with E-state index in [9.17, 15) is 5.11 Å². The second-order valence-corrected chi connectivity index (χ2v) is 5.41. The highest BCUT2D eigenvalue weighted by Crippen LogP contribution is 2.18. The third kappa shape index (κ3) is 3.05. The number of hydrogen-bond acceptors (Lipinski definition) is 5. The molecule has 106 valence electrons. The fraction of sp³-hybridized carbons (Fsp3) is 0.467. The van der Waals surface area contributed by atoms with E-state index in [1.54, 1.807) is 0 Å². The molecule has 1 saturated heterocycles. The molecule has 0 saturated carbocycles. The third-order valence-corrected chi connectivity index (χ3v) is 3.62. The largest absolute Gasteiger partial charge is 0.392 e. The summed E-state index contributed by atoms with van der Waals surface area (Å²) in [7, 11) is 0. The van der Waals surface area contributed by atoms with Gasteiger partial charge in [-0.3, -0.25) is 4.90 Å². The molecule has 5 heteroatoms. The van der Waals surface area contributed by atoms with Gasteiger partial charge in [-0.25, -0.2) is 0 Å². The van der Waals surface area contributed by atoms with Gasteiger partial charge in [0, 0.05) is 12.1 Å². The van der Waals surface area contributed by atoms with Crippen molar-refractivity contribution in [3.63, 3.8) is 0 Å². The van der Waals surface area contributed by atoms with Gasteiger partial charge in [0.25, 0.3) is 0 Å². The van der Waals surface area contributed by atoms with E-state index in [-0.39, 0.29) is 6.10 Å². The standard InChI is InChI=1S/C15H19N3O2/c1-11-4-6-12(7-5-11)15-16-14(20-17-15)10-18-8-2-3-13(19)9-18/h4-7,13,19H,2-3,8-10H2,1H3. The summed E-state index contributed by atoms with van der Waals surface area (Å²) in [5.74, 6) is 1.23. The number of hydrogen-bond donors (Lipinski definition) is 1. The number of piperidine rings is 1. The van der Waals surface area contributed by atoms with Gasteiger partial charge in [0.15, 0.2) is 0 Å². The minimum absolute atomic E-state index is 0.233. The summed E-state index contributed by atoms with van der Waals surface area (Å²) >= 11 is 0. The van der Waals surface area contributed by atoms with E-state index in [1.807, 2.05) is 31.2 Å². The van der Waals surface area contributed by atoms with Crippen LogP contribution in [0.2, 0.25) is 0 Å². The van der Waals surface area contributed by atoms with E-state index >= 15 is 0 Å². The second-order valence-electron chi connectivity index (χ2n) is 5.41. The highest BCUT2D eigenvalue weighted by molar-refractivity contribution is 5.54. The zero-order valence-electron chi connectivity index (χ0n) is 11.6. The molecule has 1 aliphatic rings. The predicted octanol–water partition coefficient (Wildman–Crippen LogP) is 2.00. The van der Waals surface area contributed by atoms with Crippen LogP contribution in [0.15, 0.2) is 28.8 Å². The molecule has 0 bridgehead atoms. The van der Waals surface area contributed by atoms with Crippen LogP contribution in [-0.2, 0) is 6.54 Å². The van der Waals surface area contributed by atoms with Crippen LogP contribution < -0.4 is 0 Å². The number of β-amino-alcohol motifs (C(OH)–C–C–N with tert-alkyl or cyclic N) is 1. The lowest BCUT2D eigenvalue weighted by atomic mass is 10.1. The van der Waals surface area contributed by atoms with Gasteiger partial charge in [0.1, 0.15) is 0 Å². The predicted molar refractivity (Wildman–Crippen MR) is 75.0 cm³/mol. The first-order valence-corrected chi connectivity index (χ1v) is 7.01. The Kier molecular flexibility index (Phi) is 3.80. The number of nitrogens with zero attached hydrogens (tertiary/aromatic N) is 3. The summed E-state index contributed by atoms with van der Waals surface area (Å²) in [6.07, 6.45) is 1.66. The van der Waals surface area contributed by atoms with Crippen LogP contribution >= 0.6 is 0 Å². The van der Waals surface area contributed by atoms with E-state index in [0.29, 0.717) is 24.8 Å². The number of aromatic nitrogens is 2. The molecule has 0 spiro atoms. The summed E-state index contributed by atoms with van der Waals surface area (Å²) in [4.78, 5) is 6.58. The van der Waals surface area contributed by atoms with Crippen molar-refractivity contribution in [3.05, 3.63) is 35.7 Å². The molecule has 5 nitrogen and oxygen atoms in total. The molecule has 1 aromatic heterocycles. The lowest BCUT2D eigenvalue weighted by Crippen LogP contribution is -2.37. The maximum atomic E-state index is 9.66. The van der Waals surface area contributed by atoms with E-state index in [0.717, 1.165) is 24.9 Å². The van der Waals surface area contributed by atoms with Crippen molar-refractivity contribution in [1.82, 2.24) is 15.0 Å². The molecule has 20 heavy (non-hydrogen) atoms. The molecule has 0 amide bonds. The van der Waals surface area contributed by atoms with E-state index < -0.39 is 0 Å². The second kappa shape index (κ2) is 5.73. The Balaban J connectivity index is 1.69. The molecule has 3 rings (SSSR count). The van der Waals surface area contributed by atoms with Gasteiger partial charge in [0.2, 0.25) is 11.7 Å². The van der Waals surface area contributed by atoms with Crippen LogP contribution in [0.1, 0.15) is 24.3 Å². The molecule has 2 aromatic rings. The van der Waals surface area contributed by atoms with Crippen LogP contribution in [0, 0.1) is 6.92 Å². The van der Waals surface area contributed by atoms with Crippen LogP contribution in [0.5, 0.6) is 0 Å². The number of benzene rings is 1. The highest BCUT2D eigenvalue weighted by atomic mass is 16.5. The third-order valence-electron chi connectivity index (χ3n) is 3.62. The van der Waals surface area contributed by atoms with Crippen molar-refractivity contribution in [2.75, 3.05) is 13.1 Å². The fourth-order valence-corrected chi connectivity index (χ4v) is 2.51. The monoisotopic (exact) mass is 273 g/mol. The van der Waals surface area contributed by atoms with Gasteiger partial charge in [-0.15, -0.1) is 0 Å². The SMILES string of the molecule is Cc1ccc(-c2noc(CN3CCCC(O)C3)n2)cc1. The molecule has 1 aromatic carbocycles. The first kappa shape index (κ1) is 13.3. The molecule has 0 radical (unpaired) electrons. The number of aryl methyl sites for hydroxylation is 1. The van der Waals surface area contributed by atoms with Crippen LogP contribution in [0.3, 0.4) is 0 Å². The van der Waals surface area contributed by atoms with Gasteiger partial charge in [-0.05, 0) is 26.3 Å². The number of aliphatic hydroxyl groups excluding tert-OH is 1. The molecule has 2 heterocycles. The van der Waals surface area contributed by atoms with Crippen molar-refractivity contribution in [1.29, 1.82) is 0 Å². The zero-order valence-corrected chi connectivity index (χ0v) is 11.6. The topological polar surface area (TPSA) is 62.4 Å². The van der Waals surface area contributed by atoms with E-state index in [1.165, 1.54) is 5.56 Å². The summed E-state index contributed by atoms with van der Waals surface area (Å²) < 4.78 is 5.30. The number of likely N-dealkylation sites (tertiary alicyclic amines) is 1. The van der Waals surface area contributed by atoms with Crippen molar-refractivity contribution in [2.24, 2.45) is 0 Å². The fourth-order valence-electron chi connectivity index (χ4n) is 2.51. The molecule has 1 atom stereocenters. The average molecular weight is 273 g/mol. The highest BCUT2D eigenvalue weighted by Gasteiger charge is 2.20. The molecular weight excluding hydrogens is 254 g/mol. The lowest BCUT2D eigenvalue weighted by Gasteiger charge is -2.28. The van der Waals surface area contributed by atoms with Crippen molar-refractivity contribution < 1.29 is 9.63 Å². The van der Waals surface area contributed by atoms with Gasteiger partial charge < -0.3 is 9.63 Å². The van der Waals surface area contributed by atoms with Crippen LogP contribution in [0.25, 0.3) is 11.4 Å². The van der Waals surface area contributed by atoms with Gasteiger partial charge in [0.05, 0.1) is 12.6 Å². The summed E-state index contributed by atoms with van der Waals surface area (Å²) in [6, 6.07) is 8.06. The van der Waals surface area contributed by atoms with Gasteiger partial charge in [-0.2, -0.15) is 4.98 Å². The zero-order chi connectivity index (χ0) is 13.9. The summed E-state index contributed by atoms with van der Waals surface area (Å²) in [6.45, 7) is 4.31. The molecule has 1 N–H and O–H groups in total. The summed E-state index contributed by atoms with van der Waals surface area (Å²) in [5, 5.41) is 13.7. The first-order valence-electron chi connectivity index (χ1n) is 7.01. The Hall–Kier alpha value is -1.72. The Labute approximate surface area is 118 Å². The Morgan fingerprint density at radius 3 is 2.90 bits per heavy atom. The van der Waals surface area contributed by atoms with Crippen molar-refractivity contribution >= 4 is 0 Å². The Morgan fingerprint density at radius 1 is 1.35 bits per heavy atom. The number of rotatable bonds is 3.